The van der Waals surface area contributed by atoms with Crippen molar-refractivity contribution in [2.75, 3.05) is 4.90 Å². The van der Waals surface area contributed by atoms with E-state index in [0.717, 1.165) is 40.9 Å². The zero-order valence-corrected chi connectivity index (χ0v) is 22.1. The monoisotopic (exact) mass is 648 g/mol. The van der Waals surface area contributed by atoms with Gasteiger partial charge in [0.25, 0.3) is 5.91 Å². The van der Waals surface area contributed by atoms with Gasteiger partial charge in [0.2, 0.25) is 5.75 Å². The zero-order valence-electron chi connectivity index (χ0n) is 18.8. The lowest BCUT2D eigenvalue weighted by Crippen LogP contribution is -2.27. The Morgan fingerprint density at radius 3 is 2.21 bits per heavy atom. The third-order valence-corrected chi connectivity index (χ3v) is 7.10. The second-order valence-corrected chi connectivity index (χ2v) is 10.3. The summed E-state index contributed by atoms with van der Waals surface area (Å²) < 4.78 is 83.9. The van der Waals surface area contributed by atoms with Gasteiger partial charge in [-0.1, -0.05) is 36.1 Å². The van der Waals surface area contributed by atoms with Crippen LogP contribution in [0.2, 0.25) is 0 Å². The number of carbonyl (C=O) groups is 1. The maximum absolute atomic E-state index is 13.1. The molecule has 0 aromatic heterocycles. The molecule has 39 heavy (non-hydrogen) atoms. The Hall–Kier alpha value is -3.43. The van der Waals surface area contributed by atoms with E-state index in [-0.39, 0.29) is 25.1 Å². The second kappa shape index (κ2) is 10.6. The molecule has 0 saturated carbocycles. The minimum absolute atomic E-state index is 0.0270. The summed E-state index contributed by atoms with van der Waals surface area (Å²) in [4.78, 5) is 24.4. The number of hydrogen-bond acceptors (Lipinski definition) is 6. The largest absolute Gasteiger partial charge is 0.449 e. The average molecular weight is 649 g/mol. The number of rotatable bonds is 5. The summed E-state index contributed by atoms with van der Waals surface area (Å²) in [6.45, 7) is 0. The topological polar surface area (TPSA) is 72.7 Å². The predicted octanol–water partition coefficient (Wildman–Crippen LogP) is 8.59. The molecule has 0 unspecified atom stereocenters. The van der Waals surface area contributed by atoms with E-state index in [1.807, 2.05) is 0 Å². The number of amides is 1. The Morgan fingerprint density at radius 2 is 1.59 bits per heavy atom. The van der Waals surface area contributed by atoms with E-state index >= 15 is 0 Å². The molecule has 0 spiro atoms. The van der Waals surface area contributed by atoms with E-state index in [1.54, 1.807) is 0 Å². The normalized spacial score (nSPS) is 15.3. The molecule has 1 heterocycles. The number of halogens is 7. The smallest absolute Gasteiger partial charge is 0.416 e. The highest BCUT2D eigenvalue weighted by Crippen LogP contribution is 2.41. The summed E-state index contributed by atoms with van der Waals surface area (Å²) in [5.41, 5.74) is -2.65. The number of carbonyl (C=O) groups excluding carboxylic acids is 1. The summed E-state index contributed by atoms with van der Waals surface area (Å²) in [6, 6.07) is 10.3. The van der Waals surface area contributed by atoms with Gasteiger partial charge in [-0.25, -0.2) is 0 Å². The van der Waals surface area contributed by atoms with Gasteiger partial charge in [0.15, 0.2) is 4.32 Å². The van der Waals surface area contributed by atoms with Gasteiger partial charge < -0.3 is 4.74 Å². The molecule has 0 bridgehead atoms. The van der Waals surface area contributed by atoms with Crippen LogP contribution in [0, 0.1) is 10.1 Å². The first-order chi connectivity index (χ1) is 18.1. The van der Waals surface area contributed by atoms with Crippen molar-refractivity contribution in [3.63, 3.8) is 0 Å². The first-order valence-electron chi connectivity index (χ1n) is 10.4. The van der Waals surface area contributed by atoms with Crippen LogP contribution < -0.4 is 9.64 Å². The van der Waals surface area contributed by atoms with Crippen LogP contribution in [-0.2, 0) is 17.1 Å². The van der Waals surface area contributed by atoms with Crippen LogP contribution in [0.1, 0.15) is 16.7 Å². The molecule has 1 saturated heterocycles. The molecule has 15 heteroatoms. The highest BCUT2D eigenvalue weighted by Gasteiger charge is 2.36. The Bertz CT molecular complexity index is 1540. The molecule has 0 N–H and O–H groups in total. The second-order valence-electron chi connectivity index (χ2n) is 7.79. The fourth-order valence-electron chi connectivity index (χ4n) is 3.39. The molecule has 1 amide bonds. The first-order valence-corrected chi connectivity index (χ1v) is 12.4. The number of hydrogen-bond donors (Lipinski definition) is 0. The van der Waals surface area contributed by atoms with Gasteiger partial charge in [-0.2, -0.15) is 26.3 Å². The highest BCUT2D eigenvalue weighted by atomic mass is 79.9. The minimum Gasteiger partial charge on any atom is -0.449 e. The summed E-state index contributed by atoms with van der Waals surface area (Å²) in [7, 11) is 0. The summed E-state index contributed by atoms with van der Waals surface area (Å²) in [5.74, 6) is -1.03. The van der Waals surface area contributed by atoms with E-state index in [4.69, 9.17) is 17.0 Å². The average Bonchev–Trinajstić information content (AvgIpc) is 3.12. The summed E-state index contributed by atoms with van der Waals surface area (Å²) in [5, 5.41) is 11.3. The molecule has 1 aliphatic heterocycles. The number of anilines is 1. The Morgan fingerprint density at radius 1 is 0.949 bits per heavy atom. The van der Waals surface area contributed by atoms with Gasteiger partial charge in [0, 0.05) is 6.07 Å². The number of benzene rings is 3. The lowest BCUT2D eigenvalue weighted by atomic mass is 10.1. The van der Waals surface area contributed by atoms with Gasteiger partial charge >= 0.3 is 18.0 Å². The number of ether oxygens (including phenoxy) is 1. The Labute approximate surface area is 233 Å². The van der Waals surface area contributed by atoms with E-state index in [9.17, 15) is 41.3 Å². The molecule has 3 aromatic rings. The van der Waals surface area contributed by atoms with Gasteiger partial charge in [-0.15, -0.1) is 0 Å². The standard InChI is InChI=1S/C24H11BrF6N2O4S2/c25-16-8-12(4-6-18(16)37-19-7-5-14(24(29,30)31)11-17(19)33(35)36)9-20-21(34)32(22(38)39-20)15-3-1-2-13(10-15)23(26,27)28/h1-11H/b20-9-. The van der Waals surface area contributed by atoms with Crippen LogP contribution >= 0.6 is 39.9 Å². The SMILES string of the molecule is O=C1/C(=C/c2ccc(Oc3ccc(C(F)(F)F)cc3[N+](=O)[O-])c(Br)c2)SC(=S)N1c1cccc(C(F)(F)F)c1. The number of alkyl halides is 6. The van der Waals surface area contributed by atoms with E-state index in [1.165, 1.54) is 30.3 Å². The Balaban J connectivity index is 1.58. The molecular weight excluding hydrogens is 638 g/mol. The molecule has 0 atom stereocenters. The predicted molar refractivity (Wildman–Crippen MR) is 139 cm³/mol. The van der Waals surface area contributed by atoms with Gasteiger partial charge in [0.1, 0.15) is 5.75 Å². The number of nitro benzene ring substituents is 1. The van der Waals surface area contributed by atoms with Crippen LogP contribution in [0.5, 0.6) is 11.5 Å². The molecule has 6 nitrogen and oxygen atoms in total. The van der Waals surface area contributed by atoms with Crippen LogP contribution in [-0.4, -0.2) is 15.2 Å². The van der Waals surface area contributed by atoms with Gasteiger partial charge in [-0.05, 0) is 70.0 Å². The molecule has 0 aliphatic carbocycles. The molecule has 1 aliphatic rings. The molecule has 3 aromatic carbocycles. The minimum atomic E-state index is -4.78. The fourth-order valence-corrected chi connectivity index (χ4v) is 5.17. The number of thiocarbonyl (C=S) groups is 1. The fraction of sp³-hybridized carbons (Fsp3) is 0.0833. The van der Waals surface area contributed by atoms with E-state index in [2.05, 4.69) is 15.9 Å². The third-order valence-electron chi connectivity index (χ3n) is 5.18. The maximum atomic E-state index is 13.1. The molecule has 202 valence electrons. The molecular formula is C24H11BrF6N2O4S2. The quantitative estimate of drug-likeness (QED) is 0.0907. The molecule has 4 rings (SSSR count). The van der Waals surface area contributed by atoms with Gasteiger partial charge in [-0.3, -0.25) is 19.8 Å². The molecule has 0 radical (unpaired) electrons. The highest BCUT2D eigenvalue weighted by molar-refractivity contribution is 9.10. The maximum Gasteiger partial charge on any atom is 0.416 e. The van der Waals surface area contributed by atoms with Crippen molar-refractivity contribution >= 4 is 67.6 Å². The lowest BCUT2D eigenvalue weighted by Gasteiger charge is -2.16. The van der Waals surface area contributed by atoms with Crippen LogP contribution in [0.4, 0.5) is 37.7 Å². The first kappa shape index (κ1) is 28.6. The van der Waals surface area contributed by atoms with Gasteiger partial charge in [0.05, 0.1) is 31.1 Å². The van der Waals surface area contributed by atoms with Crippen molar-refractivity contribution in [3.05, 3.63) is 96.8 Å². The van der Waals surface area contributed by atoms with Crippen molar-refractivity contribution in [2.24, 2.45) is 0 Å². The number of nitrogens with zero attached hydrogens (tertiary/aromatic N) is 2. The van der Waals surface area contributed by atoms with Crippen molar-refractivity contribution in [2.45, 2.75) is 12.4 Å². The van der Waals surface area contributed by atoms with E-state index < -0.39 is 45.7 Å². The number of thioether (sulfide) groups is 1. The van der Waals surface area contributed by atoms with Crippen molar-refractivity contribution in [1.29, 1.82) is 0 Å². The van der Waals surface area contributed by atoms with Crippen LogP contribution in [0.25, 0.3) is 6.08 Å². The van der Waals surface area contributed by atoms with Crippen LogP contribution in [0.15, 0.2) is 70.0 Å². The van der Waals surface area contributed by atoms with E-state index in [0.29, 0.717) is 17.7 Å². The molecule has 1 fully saturated rings. The summed E-state index contributed by atoms with van der Waals surface area (Å²) in [6.07, 6.45) is -7.96. The summed E-state index contributed by atoms with van der Waals surface area (Å²) >= 11 is 9.31. The zero-order chi connectivity index (χ0) is 28.7. The Kier molecular flexibility index (Phi) is 7.78. The van der Waals surface area contributed by atoms with Crippen molar-refractivity contribution in [1.82, 2.24) is 0 Å². The van der Waals surface area contributed by atoms with Crippen LogP contribution in [0.3, 0.4) is 0 Å². The third kappa shape index (κ3) is 6.25. The van der Waals surface area contributed by atoms with Crippen molar-refractivity contribution in [3.8, 4) is 11.5 Å². The van der Waals surface area contributed by atoms with Crippen molar-refractivity contribution < 1.29 is 40.8 Å². The lowest BCUT2D eigenvalue weighted by molar-refractivity contribution is -0.385. The number of nitro groups is 1.